The normalized spacial score (nSPS) is 10.6. The lowest BCUT2D eigenvalue weighted by Crippen LogP contribution is -1.98. The maximum Gasteiger partial charge on any atom is 0.139 e. The Morgan fingerprint density at radius 1 is 1.47 bits per heavy atom. The molecule has 0 spiro atoms. The van der Waals surface area contributed by atoms with Crippen LogP contribution in [-0.4, -0.2) is 11.5 Å². The molecule has 0 aliphatic heterocycles. The lowest BCUT2D eigenvalue weighted by atomic mass is 10.2. The van der Waals surface area contributed by atoms with Crippen molar-refractivity contribution in [1.29, 1.82) is 0 Å². The van der Waals surface area contributed by atoms with Crippen LogP contribution in [0.15, 0.2) is 28.9 Å². The SMILES string of the molecule is CCNc1ccnc2cc(F)c(Br)cc12. The number of pyridine rings is 1. The number of nitrogens with one attached hydrogen (secondary N) is 1. The molecule has 0 fully saturated rings. The first-order chi connectivity index (χ1) is 7.22. The Bertz CT molecular complexity index is 499. The lowest BCUT2D eigenvalue weighted by Gasteiger charge is -2.07. The third-order valence-corrected chi connectivity index (χ3v) is 2.76. The van der Waals surface area contributed by atoms with E-state index < -0.39 is 0 Å². The van der Waals surface area contributed by atoms with Gasteiger partial charge in [0.2, 0.25) is 0 Å². The summed E-state index contributed by atoms with van der Waals surface area (Å²) in [5.41, 5.74) is 1.64. The second kappa shape index (κ2) is 4.14. The van der Waals surface area contributed by atoms with E-state index in [1.165, 1.54) is 6.07 Å². The number of hydrogen-bond acceptors (Lipinski definition) is 2. The first kappa shape index (κ1) is 10.4. The summed E-state index contributed by atoms with van der Waals surface area (Å²) in [7, 11) is 0. The summed E-state index contributed by atoms with van der Waals surface area (Å²) in [6.45, 7) is 2.85. The van der Waals surface area contributed by atoms with E-state index in [0.29, 0.717) is 9.99 Å². The number of benzene rings is 1. The van der Waals surface area contributed by atoms with Crippen molar-refractivity contribution in [1.82, 2.24) is 4.98 Å². The molecular weight excluding hydrogens is 259 g/mol. The molecule has 2 rings (SSSR count). The third-order valence-electron chi connectivity index (χ3n) is 2.15. The average molecular weight is 269 g/mol. The fraction of sp³-hybridized carbons (Fsp3) is 0.182. The standard InChI is InChI=1S/C11H10BrFN2/c1-2-14-10-3-4-15-11-6-9(13)8(12)5-7(10)11/h3-6H,2H2,1H3,(H,14,15). The van der Waals surface area contributed by atoms with Gasteiger partial charge in [-0.15, -0.1) is 0 Å². The summed E-state index contributed by atoms with van der Waals surface area (Å²) in [6.07, 6.45) is 1.67. The van der Waals surface area contributed by atoms with Crippen LogP contribution < -0.4 is 5.32 Å². The fourth-order valence-electron chi connectivity index (χ4n) is 1.49. The Hall–Kier alpha value is -1.16. The Kier molecular flexibility index (Phi) is 2.86. The van der Waals surface area contributed by atoms with Crippen molar-refractivity contribution in [2.45, 2.75) is 6.92 Å². The predicted molar refractivity (Wildman–Crippen MR) is 63.6 cm³/mol. The molecule has 0 saturated heterocycles. The molecule has 1 aromatic carbocycles. The molecule has 0 saturated carbocycles. The summed E-state index contributed by atoms with van der Waals surface area (Å²) in [5, 5.41) is 4.14. The van der Waals surface area contributed by atoms with Crippen LogP contribution in [-0.2, 0) is 0 Å². The molecule has 0 aliphatic carbocycles. The van der Waals surface area contributed by atoms with Gasteiger partial charge in [0.05, 0.1) is 9.99 Å². The largest absolute Gasteiger partial charge is 0.385 e. The summed E-state index contributed by atoms with van der Waals surface area (Å²) in [5.74, 6) is -0.288. The van der Waals surface area contributed by atoms with Crippen molar-refractivity contribution in [2.75, 3.05) is 11.9 Å². The van der Waals surface area contributed by atoms with Gasteiger partial charge in [0.25, 0.3) is 0 Å². The van der Waals surface area contributed by atoms with Gasteiger partial charge in [-0.2, -0.15) is 0 Å². The van der Waals surface area contributed by atoms with Gasteiger partial charge >= 0.3 is 0 Å². The zero-order valence-electron chi connectivity index (χ0n) is 8.22. The van der Waals surface area contributed by atoms with Gasteiger partial charge in [0, 0.05) is 29.9 Å². The minimum Gasteiger partial charge on any atom is -0.385 e. The van der Waals surface area contributed by atoms with E-state index in [0.717, 1.165) is 17.6 Å². The highest BCUT2D eigenvalue weighted by Gasteiger charge is 2.05. The predicted octanol–water partition coefficient (Wildman–Crippen LogP) is 3.57. The van der Waals surface area contributed by atoms with Gasteiger partial charge in [-0.05, 0) is 35.0 Å². The van der Waals surface area contributed by atoms with Crippen molar-refractivity contribution >= 4 is 32.5 Å². The van der Waals surface area contributed by atoms with Crippen LogP contribution in [0.25, 0.3) is 10.9 Å². The maximum atomic E-state index is 13.3. The Labute approximate surface area is 95.6 Å². The molecule has 1 aromatic heterocycles. The van der Waals surface area contributed by atoms with E-state index in [2.05, 4.69) is 26.2 Å². The van der Waals surface area contributed by atoms with Crippen LogP contribution in [0, 0.1) is 5.82 Å². The number of fused-ring (bicyclic) bond motifs is 1. The zero-order chi connectivity index (χ0) is 10.8. The molecule has 1 heterocycles. The molecule has 0 bridgehead atoms. The van der Waals surface area contributed by atoms with Crippen LogP contribution in [0.1, 0.15) is 6.92 Å². The molecule has 0 amide bonds. The molecule has 2 aromatic rings. The van der Waals surface area contributed by atoms with E-state index in [-0.39, 0.29) is 5.82 Å². The molecule has 1 N–H and O–H groups in total. The third kappa shape index (κ3) is 1.95. The number of nitrogens with zero attached hydrogens (tertiary/aromatic N) is 1. The first-order valence-corrected chi connectivity index (χ1v) is 5.49. The Morgan fingerprint density at radius 3 is 3.00 bits per heavy atom. The van der Waals surface area contributed by atoms with Crippen molar-refractivity contribution < 1.29 is 4.39 Å². The Balaban J connectivity index is 2.68. The van der Waals surface area contributed by atoms with Gasteiger partial charge in [-0.1, -0.05) is 0 Å². The highest BCUT2D eigenvalue weighted by atomic mass is 79.9. The topological polar surface area (TPSA) is 24.9 Å². The van der Waals surface area contributed by atoms with Gasteiger partial charge in [-0.3, -0.25) is 4.98 Å². The molecule has 15 heavy (non-hydrogen) atoms. The second-order valence-corrected chi connectivity index (χ2v) is 4.03. The lowest BCUT2D eigenvalue weighted by molar-refractivity contribution is 0.623. The number of rotatable bonds is 2. The summed E-state index contributed by atoms with van der Waals surface area (Å²) < 4.78 is 13.7. The van der Waals surface area contributed by atoms with Crippen LogP contribution in [0.3, 0.4) is 0 Å². The second-order valence-electron chi connectivity index (χ2n) is 3.17. The number of halogens is 2. The van der Waals surface area contributed by atoms with Gasteiger partial charge in [0.15, 0.2) is 0 Å². The van der Waals surface area contributed by atoms with Crippen LogP contribution >= 0.6 is 15.9 Å². The van der Waals surface area contributed by atoms with Crippen molar-refractivity contribution in [2.24, 2.45) is 0 Å². The molecule has 0 unspecified atom stereocenters. The van der Waals surface area contributed by atoms with Gasteiger partial charge in [-0.25, -0.2) is 4.39 Å². The number of hydrogen-bond donors (Lipinski definition) is 1. The first-order valence-electron chi connectivity index (χ1n) is 4.70. The van der Waals surface area contributed by atoms with Crippen LogP contribution in [0.5, 0.6) is 0 Å². The van der Waals surface area contributed by atoms with E-state index in [9.17, 15) is 4.39 Å². The zero-order valence-corrected chi connectivity index (χ0v) is 9.81. The summed E-state index contributed by atoms with van der Waals surface area (Å²) >= 11 is 3.17. The molecular formula is C11H10BrFN2. The highest BCUT2D eigenvalue weighted by molar-refractivity contribution is 9.10. The minimum atomic E-state index is -0.288. The van der Waals surface area contributed by atoms with E-state index in [4.69, 9.17) is 0 Å². The van der Waals surface area contributed by atoms with Gasteiger partial charge < -0.3 is 5.32 Å². The van der Waals surface area contributed by atoms with E-state index in [1.54, 1.807) is 12.3 Å². The van der Waals surface area contributed by atoms with Crippen molar-refractivity contribution in [3.05, 3.63) is 34.7 Å². The van der Waals surface area contributed by atoms with Crippen molar-refractivity contribution in [3.8, 4) is 0 Å². The molecule has 0 aliphatic rings. The quantitative estimate of drug-likeness (QED) is 0.901. The monoisotopic (exact) mass is 268 g/mol. The summed E-state index contributed by atoms with van der Waals surface area (Å²) in [6, 6.07) is 5.06. The fourth-order valence-corrected chi connectivity index (χ4v) is 1.83. The smallest absolute Gasteiger partial charge is 0.139 e. The Morgan fingerprint density at radius 2 is 2.27 bits per heavy atom. The number of aromatic nitrogens is 1. The molecule has 78 valence electrons. The van der Waals surface area contributed by atoms with Crippen LogP contribution in [0.2, 0.25) is 0 Å². The molecule has 4 heteroatoms. The summed E-state index contributed by atoms with van der Waals surface area (Å²) in [4.78, 5) is 4.13. The van der Waals surface area contributed by atoms with Crippen molar-refractivity contribution in [3.63, 3.8) is 0 Å². The number of anilines is 1. The molecule has 0 atom stereocenters. The highest BCUT2D eigenvalue weighted by Crippen LogP contribution is 2.27. The van der Waals surface area contributed by atoms with E-state index in [1.807, 2.05) is 13.0 Å². The van der Waals surface area contributed by atoms with Crippen LogP contribution in [0.4, 0.5) is 10.1 Å². The van der Waals surface area contributed by atoms with E-state index >= 15 is 0 Å². The minimum absolute atomic E-state index is 0.288. The molecule has 2 nitrogen and oxygen atoms in total. The average Bonchev–Trinajstić information content (AvgIpc) is 2.21. The van der Waals surface area contributed by atoms with Gasteiger partial charge in [0.1, 0.15) is 5.82 Å². The molecule has 0 radical (unpaired) electrons. The maximum absolute atomic E-state index is 13.3.